The number of benzene rings is 1. The molecular weight excluding hydrogens is 538 g/mol. The van der Waals surface area contributed by atoms with Crippen LogP contribution in [0.3, 0.4) is 0 Å². The van der Waals surface area contributed by atoms with Gasteiger partial charge in [-0.15, -0.1) is 0 Å². The number of esters is 1. The second-order valence-corrected chi connectivity index (χ2v) is 10.1. The Morgan fingerprint density at radius 3 is 1.76 bits per heavy atom. The van der Waals surface area contributed by atoms with Gasteiger partial charge in [0.1, 0.15) is 24.9 Å². The van der Waals surface area contributed by atoms with Crippen molar-refractivity contribution in [2.75, 3.05) is 19.8 Å². The van der Waals surface area contributed by atoms with Gasteiger partial charge in [-0.3, -0.25) is 4.79 Å². The van der Waals surface area contributed by atoms with Crippen molar-refractivity contribution in [1.82, 2.24) is 0 Å². The highest BCUT2D eigenvalue weighted by atomic mass is 16.7. The average Bonchev–Trinajstić information content (AvgIpc) is 2.94. The monoisotopic (exact) mass is 583 g/mol. The van der Waals surface area contributed by atoms with Crippen molar-refractivity contribution >= 4 is 24.4 Å². The third-order valence-electron chi connectivity index (χ3n) is 6.14. The van der Waals surface area contributed by atoms with Gasteiger partial charge in [0.05, 0.1) is 13.2 Å². The molecule has 1 rings (SSSR count). The van der Waals surface area contributed by atoms with Crippen molar-refractivity contribution in [1.29, 1.82) is 0 Å². The third kappa shape index (κ3) is 14.6. The largest absolute Gasteiger partial charge is 0.513 e. The summed E-state index contributed by atoms with van der Waals surface area (Å²) in [6.45, 7) is 13.0. The fourth-order valence-corrected chi connectivity index (χ4v) is 2.86. The van der Waals surface area contributed by atoms with Gasteiger partial charge in [-0.2, -0.15) is 0 Å². The van der Waals surface area contributed by atoms with Crippen LogP contribution in [0.15, 0.2) is 18.2 Å². The number of ether oxygens (including phenoxy) is 7. The predicted molar refractivity (Wildman–Crippen MR) is 149 cm³/mol. The first kappa shape index (κ1) is 35.5. The zero-order valence-corrected chi connectivity index (χ0v) is 25.1. The van der Waals surface area contributed by atoms with Crippen molar-refractivity contribution in [2.45, 2.75) is 92.4 Å². The number of hydrogen-bond donors (Lipinski definition) is 1. The highest BCUT2D eigenvalue weighted by Gasteiger charge is 2.23. The normalized spacial score (nSPS) is 14.4. The zero-order chi connectivity index (χ0) is 30.9. The molecule has 0 saturated heterocycles. The molecule has 0 aliphatic carbocycles. The van der Waals surface area contributed by atoms with Crippen LogP contribution in [0, 0.1) is 11.8 Å². The fourth-order valence-electron chi connectivity index (χ4n) is 2.86. The molecule has 3 unspecified atom stereocenters. The summed E-state index contributed by atoms with van der Waals surface area (Å²) in [5, 5.41) is 0. The van der Waals surface area contributed by atoms with Crippen LogP contribution >= 0.6 is 0 Å². The molecule has 0 aromatic heterocycles. The van der Waals surface area contributed by atoms with Crippen molar-refractivity contribution in [2.24, 2.45) is 17.6 Å². The van der Waals surface area contributed by atoms with Gasteiger partial charge in [-0.05, 0) is 56.2 Å². The maximum absolute atomic E-state index is 12.5. The first-order valence-electron chi connectivity index (χ1n) is 14.0. The van der Waals surface area contributed by atoms with Gasteiger partial charge in [-0.1, -0.05) is 53.5 Å². The second-order valence-electron chi connectivity index (χ2n) is 10.1. The fraction of sp³-hybridized carbons (Fsp3) is 0.655. The van der Waals surface area contributed by atoms with Crippen LogP contribution in [0.4, 0.5) is 14.4 Å². The molecule has 0 bridgehead atoms. The van der Waals surface area contributed by atoms with E-state index in [0.717, 1.165) is 12.8 Å². The molecular formula is C29H45NO11. The molecule has 0 fully saturated rings. The van der Waals surface area contributed by atoms with Crippen LogP contribution < -0.4 is 15.2 Å². The van der Waals surface area contributed by atoms with Crippen LogP contribution in [0.1, 0.15) is 73.3 Å². The molecule has 1 aromatic carbocycles. The summed E-state index contributed by atoms with van der Waals surface area (Å²) in [7, 11) is 0. The molecule has 12 nitrogen and oxygen atoms in total. The Hall–Kier alpha value is -3.54. The maximum atomic E-state index is 12.5. The number of rotatable bonds is 16. The Labute approximate surface area is 242 Å². The van der Waals surface area contributed by atoms with E-state index in [1.165, 1.54) is 12.1 Å². The molecule has 2 N–H and O–H groups in total. The minimum Gasteiger partial charge on any atom is -0.458 e. The van der Waals surface area contributed by atoms with Crippen LogP contribution in [0.25, 0.3) is 0 Å². The summed E-state index contributed by atoms with van der Waals surface area (Å²) < 4.78 is 36.1. The second kappa shape index (κ2) is 18.7. The maximum Gasteiger partial charge on any atom is 0.513 e. The molecule has 41 heavy (non-hydrogen) atoms. The molecule has 1 aromatic rings. The van der Waals surface area contributed by atoms with Gasteiger partial charge in [-0.25, -0.2) is 14.4 Å². The van der Waals surface area contributed by atoms with E-state index in [9.17, 15) is 19.2 Å². The summed E-state index contributed by atoms with van der Waals surface area (Å²) in [5.41, 5.74) is 6.53. The smallest absolute Gasteiger partial charge is 0.458 e. The van der Waals surface area contributed by atoms with Crippen LogP contribution in [0.5, 0.6) is 11.5 Å². The summed E-state index contributed by atoms with van der Waals surface area (Å²) >= 11 is 0. The standard InChI is InChI=1S/C29H45NO11/c1-8-18(4)15-35-28(33)40-24-12-11-22(14-25(24)41-29(34)36-16-19(5)9-2)13-23(30)26(31)38-21(7)17-37-27(32)39-20(6)10-3/h11-12,14,18-21,23H,8-10,13,15-17,30H2,1-7H3/t18?,19?,20?,21-,23-/m0/s1. The number of carbonyl (C=O) groups excluding carboxylic acids is 4. The highest BCUT2D eigenvalue weighted by Crippen LogP contribution is 2.30. The van der Waals surface area contributed by atoms with E-state index < -0.39 is 36.6 Å². The molecule has 0 radical (unpaired) electrons. The molecule has 0 amide bonds. The van der Waals surface area contributed by atoms with Gasteiger partial charge in [0.2, 0.25) is 0 Å². The molecule has 0 saturated carbocycles. The zero-order valence-electron chi connectivity index (χ0n) is 25.1. The minimum atomic E-state index is -1.10. The van der Waals surface area contributed by atoms with Crippen molar-refractivity contribution in [3.8, 4) is 11.5 Å². The summed E-state index contributed by atoms with van der Waals surface area (Å²) in [6, 6.07) is 3.27. The van der Waals surface area contributed by atoms with E-state index in [-0.39, 0.29) is 55.7 Å². The molecule has 5 atom stereocenters. The summed E-state index contributed by atoms with van der Waals surface area (Å²) in [5.74, 6) is -0.651. The van der Waals surface area contributed by atoms with Crippen molar-refractivity contribution in [3.63, 3.8) is 0 Å². The number of nitrogens with two attached hydrogens (primary N) is 1. The Bertz CT molecular complexity index is 984. The van der Waals surface area contributed by atoms with Gasteiger partial charge >= 0.3 is 24.4 Å². The lowest BCUT2D eigenvalue weighted by Gasteiger charge is -2.18. The van der Waals surface area contributed by atoms with Crippen LogP contribution in [0.2, 0.25) is 0 Å². The minimum absolute atomic E-state index is 0.000512. The third-order valence-corrected chi connectivity index (χ3v) is 6.14. The SMILES string of the molecule is CCC(C)COC(=O)Oc1ccc(C[C@H](N)C(=O)O[C@@H](C)COC(=O)OC(C)CC)cc1OC(=O)OCC(C)CC. The highest BCUT2D eigenvalue weighted by molar-refractivity contribution is 5.76. The molecule has 0 heterocycles. The Morgan fingerprint density at radius 1 is 0.683 bits per heavy atom. The lowest BCUT2D eigenvalue weighted by Crippen LogP contribution is -2.37. The molecule has 0 spiro atoms. The first-order chi connectivity index (χ1) is 19.4. The topological polar surface area (TPSA) is 159 Å². The first-order valence-corrected chi connectivity index (χ1v) is 14.0. The van der Waals surface area contributed by atoms with Gasteiger partial charge in [0.25, 0.3) is 0 Å². The molecule has 12 heteroatoms. The number of carbonyl (C=O) groups is 4. The van der Waals surface area contributed by atoms with Crippen LogP contribution in [-0.4, -0.2) is 62.5 Å². The van der Waals surface area contributed by atoms with E-state index in [1.807, 2.05) is 34.6 Å². The molecule has 0 aliphatic heterocycles. The van der Waals surface area contributed by atoms with E-state index in [0.29, 0.717) is 12.0 Å². The Morgan fingerprint density at radius 2 is 1.22 bits per heavy atom. The molecule has 232 valence electrons. The predicted octanol–water partition coefficient (Wildman–Crippen LogP) is 5.56. The van der Waals surface area contributed by atoms with Crippen molar-refractivity contribution in [3.05, 3.63) is 23.8 Å². The van der Waals surface area contributed by atoms with Crippen molar-refractivity contribution < 1.29 is 52.3 Å². The summed E-state index contributed by atoms with van der Waals surface area (Å²) in [4.78, 5) is 48.7. The van der Waals surface area contributed by atoms with E-state index in [2.05, 4.69) is 0 Å². The quantitative estimate of drug-likeness (QED) is 0.147. The Balaban J connectivity index is 2.87. The van der Waals surface area contributed by atoms with Gasteiger partial charge in [0, 0.05) is 0 Å². The van der Waals surface area contributed by atoms with E-state index >= 15 is 0 Å². The lowest BCUT2D eigenvalue weighted by atomic mass is 10.1. The summed E-state index contributed by atoms with van der Waals surface area (Å²) in [6.07, 6.45) is -1.60. The Kier molecular flexibility index (Phi) is 16.2. The van der Waals surface area contributed by atoms with Gasteiger partial charge < -0.3 is 38.9 Å². The van der Waals surface area contributed by atoms with Crippen LogP contribution in [-0.2, 0) is 34.9 Å². The molecule has 0 aliphatic rings. The van der Waals surface area contributed by atoms with E-state index in [1.54, 1.807) is 19.9 Å². The van der Waals surface area contributed by atoms with E-state index in [4.69, 9.17) is 38.9 Å². The lowest BCUT2D eigenvalue weighted by molar-refractivity contribution is -0.152. The van der Waals surface area contributed by atoms with Gasteiger partial charge in [0.15, 0.2) is 11.5 Å². The average molecular weight is 584 g/mol. The number of hydrogen-bond acceptors (Lipinski definition) is 12.